The molecule has 0 radical (unpaired) electrons. The van der Waals surface area contributed by atoms with Crippen molar-refractivity contribution in [2.45, 2.75) is 52.4 Å². The molecule has 2 aromatic rings. The summed E-state index contributed by atoms with van der Waals surface area (Å²) in [5.74, 6) is 0.107. The van der Waals surface area contributed by atoms with Crippen LogP contribution in [0.2, 0.25) is 0 Å². The van der Waals surface area contributed by atoms with Crippen molar-refractivity contribution in [1.29, 1.82) is 0 Å². The average molecular weight is 456 g/mol. The standard InChI is InChI=1S/C24H26BrNO3/c1-23(2,3)17-10-14(11-18(20(17)27)24(4,5)6)12-19-22(28)29-21(26-19)15-8-7-9-16(25)13-15/h7-13,27H,1-6H3. The monoisotopic (exact) mass is 455 g/mol. The van der Waals surface area contributed by atoms with Crippen molar-refractivity contribution in [1.82, 2.24) is 0 Å². The van der Waals surface area contributed by atoms with Crippen LogP contribution in [0.4, 0.5) is 0 Å². The maximum Gasteiger partial charge on any atom is 0.363 e. The van der Waals surface area contributed by atoms with Crippen molar-refractivity contribution in [3.05, 3.63) is 68.8 Å². The molecule has 1 aliphatic rings. The number of aromatic hydroxyl groups is 1. The summed E-state index contributed by atoms with van der Waals surface area (Å²) < 4.78 is 6.26. The van der Waals surface area contributed by atoms with Gasteiger partial charge in [-0.3, -0.25) is 0 Å². The number of carbonyl (C=O) groups excluding carboxylic acids is 1. The maximum atomic E-state index is 12.4. The van der Waals surface area contributed by atoms with Crippen LogP contribution in [0.25, 0.3) is 6.08 Å². The predicted molar refractivity (Wildman–Crippen MR) is 120 cm³/mol. The van der Waals surface area contributed by atoms with Crippen LogP contribution in [-0.2, 0) is 20.4 Å². The lowest BCUT2D eigenvalue weighted by molar-refractivity contribution is -0.129. The summed E-state index contributed by atoms with van der Waals surface area (Å²) >= 11 is 3.42. The number of cyclic esters (lactones) is 1. The molecule has 0 aliphatic carbocycles. The summed E-state index contributed by atoms with van der Waals surface area (Å²) in [6, 6.07) is 11.3. The number of esters is 1. The zero-order valence-corrected chi connectivity index (χ0v) is 19.2. The highest BCUT2D eigenvalue weighted by Gasteiger charge is 2.28. The molecule has 1 aliphatic heterocycles. The second-order valence-electron chi connectivity index (χ2n) is 9.31. The Labute approximate surface area is 180 Å². The Kier molecular flexibility index (Phi) is 5.48. The van der Waals surface area contributed by atoms with Gasteiger partial charge in [-0.05, 0) is 52.8 Å². The molecule has 0 bridgehead atoms. The fourth-order valence-corrected chi connectivity index (χ4v) is 3.59. The van der Waals surface area contributed by atoms with Crippen molar-refractivity contribution in [3.63, 3.8) is 0 Å². The van der Waals surface area contributed by atoms with Gasteiger partial charge in [-0.2, -0.15) is 0 Å². The SMILES string of the molecule is CC(C)(C)c1cc(C=C2N=C(c3cccc(Br)c3)OC2=O)cc(C(C)(C)C)c1O. The number of phenols is 1. The number of hydrogen-bond acceptors (Lipinski definition) is 4. The fourth-order valence-electron chi connectivity index (χ4n) is 3.20. The highest BCUT2D eigenvalue weighted by molar-refractivity contribution is 9.10. The number of benzene rings is 2. The Morgan fingerprint density at radius 1 is 1.00 bits per heavy atom. The molecule has 0 fully saturated rings. The lowest BCUT2D eigenvalue weighted by Gasteiger charge is -2.27. The Morgan fingerprint density at radius 2 is 1.59 bits per heavy atom. The summed E-state index contributed by atoms with van der Waals surface area (Å²) in [4.78, 5) is 16.8. The predicted octanol–water partition coefficient (Wildman–Crippen LogP) is 6.09. The Bertz CT molecular complexity index is 1000. The van der Waals surface area contributed by atoms with Gasteiger partial charge < -0.3 is 9.84 Å². The molecular formula is C24H26BrNO3. The van der Waals surface area contributed by atoms with Gasteiger partial charge in [-0.1, -0.05) is 63.5 Å². The molecule has 5 heteroatoms. The van der Waals surface area contributed by atoms with Crippen LogP contribution in [0.3, 0.4) is 0 Å². The third-order valence-electron chi connectivity index (χ3n) is 4.74. The molecule has 0 unspecified atom stereocenters. The average Bonchev–Trinajstić information content (AvgIpc) is 2.95. The number of hydrogen-bond donors (Lipinski definition) is 1. The molecule has 4 nitrogen and oxygen atoms in total. The van der Waals surface area contributed by atoms with Gasteiger partial charge in [0.2, 0.25) is 5.90 Å². The van der Waals surface area contributed by atoms with E-state index >= 15 is 0 Å². The number of ether oxygens (including phenoxy) is 1. The molecule has 0 aromatic heterocycles. The van der Waals surface area contributed by atoms with E-state index in [0.29, 0.717) is 5.75 Å². The minimum atomic E-state index is -0.484. The molecular weight excluding hydrogens is 430 g/mol. The third-order valence-corrected chi connectivity index (χ3v) is 5.24. The van der Waals surface area contributed by atoms with Crippen molar-refractivity contribution in [2.24, 2.45) is 4.99 Å². The highest BCUT2D eigenvalue weighted by atomic mass is 79.9. The molecule has 29 heavy (non-hydrogen) atoms. The summed E-state index contributed by atoms with van der Waals surface area (Å²) in [5, 5.41) is 10.9. The first-order chi connectivity index (χ1) is 13.4. The quantitative estimate of drug-likeness (QED) is 0.439. The van der Waals surface area contributed by atoms with Crippen molar-refractivity contribution < 1.29 is 14.6 Å². The van der Waals surface area contributed by atoms with E-state index in [9.17, 15) is 9.90 Å². The minimum absolute atomic E-state index is 0.241. The number of aliphatic imine (C=N–C) groups is 1. The summed E-state index contributed by atoms with van der Waals surface area (Å²) in [7, 11) is 0. The van der Waals surface area contributed by atoms with E-state index in [0.717, 1.165) is 26.7 Å². The lowest BCUT2D eigenvalue weighted by Crippen LogP contribution is -2.17. The lowest BCUT2D eigenvalue weighted by atomic mass is 9.78. The normalized spacial score (nSPS) is 16.2. The van der Waals surface area contributed by atoms with Crippen molar-refractivity contribution in [2.75, 3.05) is 0 Å². The van der Waals surface area contributed by atoms with Gasteiger partial charge in [0.25, 0.3) is 0 Å². The maximum absolute atomic E-state index is 12.4. The van der Waals surface area contributed by atoms with Gasteiger partial charge >= 0.3 is 5.97 Å². The Balaban J connectivity index is 2.11. The van der Waals surface area contributed by atoms with Crippen LogP contribution in [0.5, 0.6) is 5.75 Å². The Hall–Kier alpha value is -2.40. The molecule has 0 amide bonds. The van der Waals surface area contributed by atoms with Crippen LogP contribution < -0.4 is 0 Å². The number of halogens is 1. The topological polar surface area (TPSA) is 58.9 Å². The molecule has 2 aromatic carbocycles. The molecule has 1 N–H and O–H groups in total. The molecule has 0 spiro atoms. The second kappa shape index (κ2) is 7.45. The van der Waals surface area contributed by atoms with Gasteiger partial charge in [0.1, 0.15) is 5.75 Å². The molecule has 0 saturated carbocycles. The van der Waals surface area contributed by atoms with E-state index < -0.39 is 5.97 Å². The molecule has 0 atom stereocenters. The molecule has 3 rings (SSSR count). The van der Waals surface area contributed by atoms with Gasteiger partial charge in [0.15, 0.2) is 5.70 Å². The largest absolute Gasteiger partial charge is 0.507 e. The molecule has 0 saturated heterocycles. The van der Waals surface area contributed by atoms with E-state index in [4.69, 9.17) is 4.74 Å². The van der Waals surface area contributed by atoms with Crippen LogP contribution in [-0.4, -0.2) is 17.0 Å². The van der Waals surface area contributed by atoms with Crippen LogP contribution in [0, 0.1) is 0 Å². The number of phenolic OH excluding ortho intramolecular Hbond substituents is 1. The molecule has 1 heterocycles. The number of carbonyl (C=O) groups is 1. The van der Waals surface area contributed by atoms with Crippen molar-refractivity contribution in [3.8, 4) is 5.75 Å². The first-order valence-corrected chi connectivity index (χ1v) is 10.3. The van der Waals surface area contributed by atoms with Crippen LogP contribution >= 0.6 is 15.9 Å². The van der Waals surface area contributed by atoms with E-state index in [1.807, 2.05) is 36.4 Å². The smallest absolute Gasteiger partial charge is 0.363 e. The summed E-state index contributed by atoms with van der Waals surface area (Å²) in [6.45, 7) is 12.3. The van der Waals surface area contributed by atoms with Gasteiger partial charge in [-0.25, -0.2) is 9.79 Å². The fraction of sp³-hybridized carbons (Fsp3) is 0.333. The van der Waals surface area contributed by atoms with Gasteiger partial charge in [-0.15, -0.1) is 0 Å². The van der Waals surface area contributed by atoms with E-state index in [-0.39, 0.29) is 22.4 Å². The second-order valence-corrected chi connectivity index (χ2v) is 10.2. The first-order valence-electron chi connectivity index (χ1n) is 9.53. The zero-order chi connectivity index (χ0) is 21.6. The zero-order valence-electron chi connectivity index (χ0n) is 17.6. The van der Waals surface area contributed by atoms with Gasteiger partial charge in [0, 0.05) is 21.2 Å². The summed E-state index contributed by atoms with van der Waals surface area (Å²) in [6.07, 6.45) is 1.72. The molecule has 152 valence electrons. The minimum Gasteiger partial charge on any atom is -0.507 e. The summed E-state index contributed by atoms with van der Waals surface area (Å²) in [5.41, 5.74) is 2.94. The van der Waals surface area contributed by atoms with Crippen molar-refractivity contribution >= 4 is 33.9 Å². The Morgan fingerprint density at radius 3 is 2.10 bits per heavy atom. The first kappa shape index (κ1) is 21.3. The van der Waals surface area contributed by atoms with E-state index in [2.05, 4.69) is 62.5 Å². The number of nitrogens with zero attached hydrogens (tertiary/aromatic N) is 1. The number of rotatable bonds is 2. The highest BCUT2D eigenvalue weighted by Crippen LogP contribution is 2.40. The van der Waals surface area contributed by atoms with E-state index in [1.54, 1.807) is 6.08 Å². The van der Waals surface area contributed by atoms with E-state index in [1.165, 1.54) is 0 Å². The van der Waals surface area contributed by atoms with Crippen LogP contribution in [0.1, 0.15) is 63.8 Å². The van der Waals surface area contributed by atoms with Gasteiger partial charge in [0.05, 0.1) is 0 Å². The van der Waals surface area contributed by atoms with Crippen LogP contribution in [0.15, 0.2) is 51.6 Å². The third kappa shape index (κ3) is 4.61.